The highest BCUT2D eigenvalue weighted by molar-refractivity contribution is 5.73. The summed E-state index contributed by atoms with van der Waals surface area (Å²) < 4.78 is 10.6. The van der Waals surface area contributed by atoms with Gasteiger partial charge in [-0.2, -0.15) is 0 Å². The van der Waals surface area contributed by atoms with Crippen LogP contribution in [0, 0.1) is 5.92 Å². The second kappa shape index (κ2) is 6.80. The van der Waals surface area contributed by atoms with E-state index in [2.05, 4.69) is 0 Å². The molecule has 0 bridgehead atoms. The van der Waals surface area contributed by atoms with Crippen molar-refractivity contribution in [1.29, 1.82) is 0 Å². The number of rotatable bonds is 4. The Balaban J connectivity index is 2.08. The first kappa shape index (κ1) is 15.6. The molecule has 21 heavy (non-hydrogen) atoms. The number of methoxy groups -OCH3 is 2. The number of ether oxygens (including phenoxy) is 2. The zero-order valence-electron chi connectivity index (χ0n) is 13.0. The summed E-state index contributed by atoms with van der Waals surface area (Å²) in [5, 5.41) is 0. The molecule has 2 rings (SSSR count). The fourth-order valence-electron chi connectivity index (χ4n) is 2.99. The Kier molecular flexibility index (Phi) is 5.07. The van der Waals surface area contributed by atoms with Crippen LogP contribution >= 0.6 is 0 Å². The van der Waals surface area contributed by atoms with E-state index in [-0.39, 0.29) is 11.9 Å². The fraction of sp³-hybridized carbons (Fsp3) is 0.562. The first-order chi connectivity index (χ1) is 10.0. The van der Waals surface area contributed by atoms with Crippen LogP contribution in [0.5, 0.6) is 11.5 Å². The summed E-state index contributed by atoms with van der Waals surface area (Å²) in [6.07, 6.45) is 1.83. The third-order valence-electron chi connectivity index (χ3n) is 3.99. The molecule has 2 atom stereocenters. The normalized spacial score (nSPS) is 22.0. The van der Waals surface area contributed by atoms with E-state index in [0.29, 0.717) is 12.5 Å². The number of carbonyl (C=O) groups excluding carboxylic acids is 1. The van der Waals surface area contributed by atoms with Gasteiger partial charge in [-0.15, -0.1) is 0 Å². The molecule has 1 aliphatic rings. The quantitative estimate of drug-likeness (QED) is 0.912. The molecular weight excluding hydrogens is 268 g/mol. The van der Waals surface area contributed by atoms with Gasteiger partial charge >= 0.3 is 0 Å². The summed E-state index contributed by atoms with van der Waals surface area (Å²) >= 11 is 0. The lowest BCUT2D eigenvalue weighted by Crippen LogP contribution is -2.49. The summed E-state index contributed by atoms with van der Waals surface area (Å²) in [6, 6.07) is 6.02. The van der Waals surface area contributed by atoms with Gasteiger partial charge in [0.05, 0.1) is 14.2 Å². The fourth-order valence-corrected chi connectivity index (χ4v) is 2.99. The summed E-state index contributed by atoms with van der Waals surface area (Å²) in [5.41, 5.74) is 7.25. The maximum atomic E-state index is 11.6. The highest BCUT2D eigenvalue weighted by atomic mass is 16.5. The van der Waals surface area contributed by atoms with Crippen molar-refractivity contribution in [2.24, 2.45) is 11.7 Å². The number of likely N-dealkylation sites (tertiary alicyclic amines) is 1. The molecule has 0 aliphatic carbocycles. The molecule has 0 spiro atoms. The SMILES string of the molecule is COc1ccc(CC2CC(N)CN(C(C)=O)C2)cc1OC. The van der Waals surface area contributed by atoms with Gasteiger partial charge in [0.1, 0.15) is 0 Å². The van der Waals surface area contributed by atoms with Crippen molar-refractivity contribution in [3.8, 4) is 11.5 Å². The van der Waals surface area contributed by atoms with Crippen LogP contribution in [0.4, 0.5) is 0 Å². The van der Waals surface area contributed by atoms with Gasteiger partial charge in [-0.3, -0.25) is 4.79 Å². The van der Waals surface area contributed by atoms with E-state index in [1.54, 1.807) is 21.1 Å². The molecule has 0 saturated carbocycles. The minimum absolute atomic E-state index is 0.0628. The van der Waals surface area contributed by atoms with E-state index in [1.165, 1.54) is 5.56 Å². The molecule has 2 unspecified atom stereocenters. The van der Waals surface area contributed by atoms with Gasteiger partial charge in [0.2, 0.25) is 5.91 Å². The zero-order valence-corrected chi connectivity index (χ0v) is 13.0. The molecule has 1 aromatic rings. The van der Waals surface area contributed by atoms with Crippen molar-refractivity contribution >= 4 is 5.91 Å². The average molecular weight is 292 g/mol. The number of carbonyl (C=O) groups is 1. The Labute approximate surface area is 126 Å². The first-order valence-electron chi connectivity index (χ1n) is 7.25. The first-order valence-corrected chi connectivity index (χ1v) is 7.25. The topological polar surface area (TPSA) is 64.8 Å². The standard InChI is InChI=1S/C16H24N2O3/c1-11(19)18-9-13(7-14(17)10-18)6-12-4-5-15(20-2)16(8-12)21-3/h4-5,8,13-14H,6-7,9-10,17H2,1-3H3. The zero-order chi connectivity index (χ0) is 15.4. The van der Waals surface area contributed by atoms with Crippen molar-refractivity contribution in [2.45, 2.75) is 25.8 Å². The van der Waals surface area contributed by atoms with Crippen LogP contribution < -0.4 is 15.2 Å². The molecule has 1 fully saturated rings. The molecule has 1 saturated heterocycles. The van der Waals surface area contributed by atoms with Crippen LogP contribution in [-0.2, 0) is 11.2 Å². The van der Waals surface area contributed by atoms with Crippen molar-refractivity contribution in [3.05, 3.63) is 23.8 Å². The number of hydrogen-bond acceptors (Lipinski definition) is 4. The van der Waals surface area contributed by atoms with Gasteiger partial charge in [-0.05, 0) is 36.5 Å². The van der Waals surface area contributed by atoms with Crippen LogP contribution in [0.3, 0.4) is 0 Å². The lowest BCUT2D eigenvalue weighted by atomic mass is 9.89. The minimum Gasteiger partial charge on any atom is -0.493 e. The third kappa shape index (κ3) is 3.88. The number of piperidine rings is 1. The van der Waals surface area contributed by atoms with Gasteiger partial charge < -0.3 is 20.1 Å². The molecular formula is C16H24N2O3. The van der Waals surface area contributed by atoms with Crippen LogP contribution in [0.25, 0.3) is 0 Å². The number of amides is 1. The lowest BCUT2D eigenvalue weighted by molar-refractivity contribution is -0.130. The average Bonchev–Trinajstić information content (AvgIpc) is 2.46. The second-order valence-electron chi connectivity index (χ2n) is 5.68. The molecule has 0 radical (unpaired) electrons. The molecule has 5 nitrogen and oxygen atoms in total. The largest absolute Gasteiger partial charge is 0.493 e. The smallest absolute Gasteiger partial charge is 0.219 e. The van der Waals surface area contributed by atoms with Crippen LogP contribution in [0.2, 0.25) is 0 Å². The molecule has 1 aliphatic heterocycles. The Bertz CT molecular complexity index is 504. The van der Waals surface area contributed by atoms with Gasteiger partial charge in [-0.25, -0.2) is 0 Å². The van der Waals surface area contributed by atoms with Crippen LogP contribution in [0.1, 0.15) is 18.9 Å². The number of benzene rings is 1. The number of nitrogens with zero attached hydrogens (tertiary/aromatic N) is 1. The van der Waals surface area contributed by atoms with Crippen molar-refractivity contribution in [2.75, 3.05) is 27.3 Å². The van der Waals surface area contributed by atoms with E-state index in [9.17, 15) is 4.79 Å². The summed E-state index contributed by atoms with van der Waals surface area (Å²) in [6.45, 7) is 3.04. The molecule has 5 heteroatoms. The highest BCUT2D eigenvalue weighted by Crippen LogP contribution is 2.29. The van der Waals surface area contributed by atoms with E-state index < -0.39 is 0 Å². The molecule has 116 valence electrons. The monoisotopic (exact) mass is 292 g/mol. The highest BCUT2D eigenvalue weighted by Gasteiger charge is 2.26. The third-order valence-corrected chi connectivity index (χ3v) is 3.99. The van der Waals surface area contributed by atoms with Crippen LogP contribution in [-0.4, -0.2) is 44.2 Å². The number of hydrogen-bond donors (Lipinski definition) is 1. The maximum absolute atomic E-state index is 11.6. The minimum atomic E-state index is 0.0628. The molecule has 1 aromatic carbocycles. The Morgan fingerprint density at radius 2 is 2.00 bits per heavy atom. The predicted octanol–water partition coefficient (Wildman–Crippen LogP) is 1.44. The Hall–Kier alpha value is -1.75. The number of nitrogens with two attached hydrogens (primary N) is 1. The van der Waals surface area contributed by atoms with Gasteiger partial charge in [-0.1, -0.05) is 6.07 Å². The van der Waals surface area contributed by atoms with Crippen molar-refractivity contribution in [3.63, 3.8) is 0 Å². The van der Waals surface area contributed by atoms with Crippen LogP contribution in [0.15, 0.2) is 18.2 Å². The molecule has 2 N–H and O–H groups in total. The van der Waals surface area contributed by atoms with E-state index >= 15 is 0 Å². The second-order valence-corrected chi connectivity index (χ2v) is 5.68. The molecule has 1 amide bonds. The molecule has 0 aromatic heterocycles. The summed E-state index contributed by atoms with van der Waals surface area (Å²) in [4.78, 5) is 13.4. The van der Waals surface area contributed by atoms with Gasteiger partial charge in [0.25, 0.3) is 0 Å². The van der Waals surface area contributed by atoms with Gasteiger partial charge in [0, 0.05) is 26.1 Å². The lowest BCUT2D eigenvalue weighted by Gasteiger charge is -2.36. The summed E-state index contributed by atoms with van der Waals surface area (Å²) in [5.74, 6) is 1.95. The Morgan fingerprint density at radius 3 is 2.62 bits per heavy atom. The van der Waals surface area contributed by atoms with E-state index in [4.69, 9.17) is 15.2 Å². The van der Waals surface area contributed by atoms with E-state index in [1.807, 2.05) is 23.1 Å². The van der Waals surface area contributed by atoms with Crippen molar-refractivity contribution < 1.29 is 14.3 Å². The van der Waals surface area contributed by atoms with Crippen molar-refractivity contribution in [1.82, 2.24) is 4.90 Å². The summed E-state index contributed by atoms with van der Waals surface area (Å²) in [7, 11) is 3.26. The van der Waals surface area contributed by atoms with Gasteiger partial charge in [0.15, 0.2) is 11.5 Å². The van der Waals surface area contributed by atoms with E-state index in [0.717, 1.165) is 30.9 Å². The molecule has 1 heterocycles. The predicted molar refractivity (Wildman–Crippen MR) is 81.6 cm³/mol. The Morgan fingerprint density at radius 1 is 1.29 bits per heavy atom. The maximum Gasteiger partial charge on any atom is 0.219 e.